The van der Waals surface area contributed by atoms with Crippen molar-refractivity contribution in [2.45, 2.75) is 20.8 Å². The first kappa shape index (κ1) is 21.9. The van der Waals surface area contributed by atoms with E-state index in [0.717, 1.165) is 10.0 Å². The molecule has 2 aromatic carbocycles. The molecule has 4 rings (SSSR count). The van der Waals surface area contributed by atoms with Gasteiger partial charge in [0, 0.05) is 15.2 Å². The summed E-state index contributed by atoms with van der Waals surface area (Å²) < 4.78 is 23.2. The van der Waals surface area contributed by atoms with Gasteiger partial charge in [0.15, 0.2) is 0 Å². The van der Waals surface area contributed by atoms with Crippen molar-refractivity contribution in [2.75, 3.05) is 13.2 Å². The normalized spacial score (nSPS) is 11.5. The lowest BCUT2D eigenvalue weighted by Gasteiger charge is -2.01. The minimum absolute atomic E-state index is 0.233. The second-order valence-corrected chi connectivity index (χ2v) is 7.96. The average Bonchev–Trinajstić information content (AvgIpc) is 3.27. The zero-order valence-electron chi connectivity index (χ0n) is 17.9. The number of furan rings is 2. The third-order valence-corrected chi connectivity index (χ3v) is 5.49. The smallest absolute Gasteiger partial charge is 0.342 e. The minimum atomic E-state index is -0.491. The standard InChI is InChI=1S/C25H21BrO6/c1-4-29-24(27)22-14(3)31-20-13-18-21(12-17(20)22)32-19(23(18)25(28)30-5-2)11-8-15-6-9-16(26)10-7-15/h6-13H,4-5H2,1-3H3/b11-8+. The van der Waals surface area contributed by atoms with Crippen molar-refractivity contribution in [2.24, 2.45) is 0 Å². The summed E-state index contributed by atoms with van der Waals surface area (Å²) in [5, 5.41) is 1.12. The second-order valence-electron chi connectivity index (χ2n) is 7.04. The fourth-order valence-corrected chi connectivity index (χ4v) is 3.83. The Kier molecular flexibility index (Phi) is 6.19. The van der Waals surface area contributed by atoms with E-state index < -0.39 is 11.9 Å². The maximum Gasteiger partial charge on any atom is 0.342 e. The number of hydrogen-bond acceptors (Lipinski definition) is 6. The van der Waals surface area contributed by atoms with Crippen LogP contribution in [0.5, 0.6) is 0 Å². The van der Waals surface area contributed by atoms with Gasteiger partial charge in [0.2, 0.25) is 0 Å². The Morgan fingerprint density at radius 1 is 0.875 bits per heavy atom. The molecule has 32 heavy (non-hydrogen) atoms. The Labute approximate surface area is 192 Å². The highest BCUT2D eigenvalue weighted by atomic mass is 79.9. The Morgan fingerprint density at radius 3 is 2.06 bits per heavy atom. The van der Waals surface area contributed by atoms with E-state index in [2.05, 4.69) is 15.9 Å². The minimum Gasteiger partial charge on any atom is -0.462 e. The fraction of sp³-hybridized carbons (Fsp3) is 0.200. The molecular weight excluding hydrogens is 476 g/mol. The molecule has 0 radical (unpaired) electrons. The van der Waals surface area contributed by atoms with Gasteiger partial charge in [-0.1, -0.05) is 34.1 Å². The van der Waals surface area contributed by atoms with Crippen molar-refractivity contribution in [3.8, 4) is 0 Å². The second kappa shape index (κ2) is 9.04. The number of halogens is 1. The van der Waals surface area contributed by atoms with E-state index in [4.69, 9.17) is 18.3 Å². The highest BCUT2D eigenvalue weighted by molar-refractivity contribution is 9.10. The predicted molar refractivity (Wildman–Crippen MR) is 126 cm³/mol. The van der Waals surface area contributed by atoms with E-state index in [1.165, 1.54) is 0 Å². The number of benzene rings is 2. The van der Waals surface area contributed by atoms with Crippen LogP contribution in [-0.2, 0) is 9.47 Å². The number of rotatable bonds is 6. The highest BCUT2D eigenvalue weighted by Crippen LogP contribution is 2.35. The lowest BCUT2D eigenvalue weighted by molar-refractivity contribution is 0.0517. The molecular formula is C25H21BrO6. The van der Waals surface area contributed by atoms with E-state index in [9.17, 15) is 9.59 Å². The fourth-order valence-electron chi connectivity index (χ4n) is 3.56. The SMILES string of the molecule is CCOC(=O)c1c(C)oc2cc3c(C(=O)OCC)c(/C=C/c4ccc(Br)cc4)oc3cc12. The van der Waals surface area contributed by atoms with Gasteiger partial charge in [-0.3, -0.25) is 0 Å². The number of carbonyl (C=O) groups is 2. The summed E-state index contributed by atoms with van der Waals surface area (Å²) in [5.41, 5.74) is 2.52. The van der Waals surface area contributed by atoms with Gasteiger partial charge in [-0.25, -0.2) is 9.59 Å². The maximum atomic E-state index is 12.8. The van der Waals surface area contributed by atoms with Gasteiger partial charge in [-0.05, 0) is 56.7 Å². The Hall–Kier alpha value is -3.32. The summed E-state index contributed by atoms with van der Waals surface area (Å²) in [4.78, 5) is 25.2. The van der Waals surface area contributed by atoms with Gasteiger partial charge in [-0.15, -0.1) is 0 Å². The summed E-state index contributed by atoms with van der Waals surface area (Å²) in [6, 6.07) is 11.1. The summed E-state index contributed by atoms with van der Waals surface area (Å²) >= 11 is 3.42. The lowest BCUT2D eigenvalue weighted by Crippen LogP contribution is -2.05. The van der Waals surface area contributed by atoms with Crippen LogP contribution in [0.3, 0.4) is 0 Å². The zero-order valence-corrected chi connectivity index (χ0v) is 19.4. The first-order valence-corrected chi connectivity index (χ1v) is 11.0. The Balaban J connectivity index is 1.88. The van der Waals surface area contributed by atoms with Crippen molar-refractivity contribution in [1.82, 2.24) is 0 Å². The van der Waals surface area contributed by atoms with Gasteiger partial charge in [0.05, 0.1) is 13.2 Å². The Morgan fingerprint density at radius 2 is 1.44 bits per heavy atom. The summed E-state index contributed by atoms with van der Waals surface area (Å²) in [6.07, 6.45) is 3.58. The molecule has 2 heterocycles. The van der Waals surface area contributed by atoms with Crippen LogP contribution in [0.15, 0.2) is 49.7 Å². The van der Waals surface area contributed by atoms with Crippen LogP contribution in [0.2, 0.25) is 0 Å². The molecule has 0 aliphatic rings. The van der Waals surface area contributed by atoms with Crippen LogP contribution in [0.25, 0.3) is 34.1 Å². The van der Waals surface area contributed by atoms with Crippen molar-refractivity contribution in [3.63, 3.8) is 0 Å². The van der Waals surface area contributed by atoms with Crippen LogP contribution in [0.4, 0.5) is 0 Å². The zero-order chi connectivity index (χ0) is 22.8. The molecule has 0 spiro atoms. The first-order valence-electron chi connectivity index (χ1n) is 10.2. The molecule has 0 N–H and O–H groups in total. The summed E-state index contributed by atoms with van der Waals surface area (Å²) in [7, 11) is 0. The molecule has 0 atom stereocenters. The van der Waals surface area contributed by atoms with Crippen molar-refractivity contribution >= 4 is 62.0 Å². The number of hydrogen-bond donors (Lipinski definition) is 0. The van der Waals surface area contributed by atoms with E-state index in [1.54, 1.807) is 39.0 Å². The van der Waals surface area contributed by atoms with Crippen LogP contribution >= 0.6 is 15.9 Å². The van der Waals surface area contributed by atoms with Crippen molar-refractivity contribution in [3.05, 3.63) is 69.1 Å². The van der Waals surface area contributed by atoms with Gasteiger partial charge >= 0.3 is 11.9 Å². The first-order chi connectivity index (χ1) is 15.4. The molecule has 0 bridgehead atoms. The molecule has 0 aliphatic carbocycles. The summed E-state index contributed by atoms with van der Waals surface area (Å²) in [5.74, 6) is -0.145. The molecule has 0 saturated carbocycles. The molecule has 0 aliphatic heterocycles. The molecule has 2 aromatic heterocycles. The van der Waals surface area contributed by atoms with Crippen LogP contribution in [0.1, 0.15) is 51.6 Å². The monoisotopic (exact) mass is 496 g/mol. The highest BCUT2D eigenvalue weighted by Gasteiger charge is 2.25. The van der Waals surface area contributed by atoms with Crippen LogP contribution < -0.4 is 0 Å². The number of ether oxygens (including phenoxy) is 2. The topological polar surface area (TPSA) is 78.9 Å². The maximum absolute atomic E-state index is 12.8. The number of carbonyl (C=O) groups excluding carboxylic acids is 2. The third kappa shape index (κ3) is 4.08. The molecule has 164 valence electrons. The molecule has 0 unspecified atom stereocenters. The number of aryl methyl sites for hydroxylation is 1. The molecule has 7 heteroatoms. The third-order valence-electron chi connectivity index (χ3n) is 4.96. The number of esters is 2. The van der Waals surface area contributed by atoms with E-state index in [0.29, 0.717) is 44.6 Å². The van der Waals surface area contributed by atoms with Gasteiger partial charge in [-0.2, -0.15) is 0 Å². The van der Waals surface area contributed by atoms with Crippen LogP contribution in [-0.4, -0.2) is 25.2 Å². The van der Waals surface area contributed by atoms with Gasteiger partial charge < -0.3 is 18.3 Å². The van der Waals surface area contributed by atoms with E-state index >= 15 is 0 Å². The predicted octanol–water partition coefficient (Wildman–Crippen LogP) is 6.77. The molecule has 0 saturated heterocycles. The molecule has 6 nitrogen and oxygen atoms in total. The number of fused-ring (bicyclic) bond motifs is 2. The molecule has 0 fully saturated rings. The van der Waals surface area contributed by atoms with E-state index in [-0.39, 0.29) is 13.2 Å². The van der Waals surface area contributed by atoms with Gasteiger partial charge in [0.25, 0.3) is 0 Å². The van der Waals surface area contributed by atoms with Crippen molar-refractivity contribution < 1.29 is 27.9 Å². The average molecular weight is 497 g/mol. The molecule has 4 aromatic rings. The Bertz CT molecular complexity index is 1340. The van der Waals surface area contributed by atoms with Crippen LogP contribution in [0, 0.1) is 6.92 Å². The lowest BCUT2D eigenvalue weighted by atomic mass is 10.1. The quantitative estimate of drug-likeness (QED) is 0.274. The summed E-state index contributed by atoms with van der Waals surface area (Å²) in [6.45, 7) is 5.68. The molecule has 0 amide bonds. The largest absolute Gasteiger partial charge is 0.462 e. The van der Waals surface area contributed by atoms with Gasteiger partial charge in [0.1, 0.15) is 33.8 Å². The van der Waals surface area contributed by atoms with Crippen molar-refractivity contribution in [1.29, 1.82) is 0 Å². The van der Waals surface area contributed by atoms with E-state index in [1.807, 2.05) is 30.3 Å².